The van der Waals surface area contributed by atoms with Crippen molar-refractivity contribution < 1.29 is 4.74 Å². The topological polar surface area (TPSA) is 65.1 Å². The molecule has 2 aromatic rings. The summed E-state index contributed by atoms with van der Waals surface area (Å²) in [5, 5.41) is 0. The molecule has 0 bridgehead atoms. The SMILES string of the molecule is CCn1ccnc1C(NN)c1ccc(OC)c(Br)c1. The minimum Gasteiger partial charge on any atom is -0.496 e. The van der Waals surface area contributed by atoms with Crippen LogP contribution < -0.4 is 16.0 Å². The van der Waals surface area contributed by atoms with Gasteiger partial charge >= 0.3 is 0 Å². The monoisotopic (exact) mass is 324 g/mol. The molecule has 0 fully saturated rings. The number of imidazole rings is 1. The van der Waals surface area contributed by atoms with Gasteiger partial charge in [-0.1, -0.05) is 6.07 Å². The van der Waals surface area contributed by atoms with Gasteiger partial charge in [-0.3, -0.25) is 5.84 Å². The van der Waals surface area contributed by atoms with Gasteiger partial charge in [0.15, 0.2) is 0 Å². The van der Waals surface area contributed by atoms with Crippen LogP contribution in [0.15, 0.2) is 35.1 Å². The van der Waals surface area contributed by atoms with Crippen LogP contribution >= 0.6 is 15.9 Å². The summed E-state index contributed by atoms with van der Waals surface area (Å²) in [5.41, 5.74) is 3.84. The Kier molecular flexibility index (Phi) is 4.57. The van der Waals surface area contributed by atoms with Crippen molar-refractivity contribution >= 4 is 15.9 Å². The van der Waals surface area contributed by atoms with Crippen molar-refractivity contribution in [3.8, 4) is 5.75 Å². The van der Waals surface area contributed by atoms with E-state index in [4.69, 9.17) is 10.6 Å². The van der Waals surface area contributed by atoms with Crippen LogP contribution in [0.4, 0.5) is 0 Å². The van der Waals surface area contributed by atoms with E-state index in [1.807, 2.05) is 24.4 Å². The molecule has 0 saturated heterocycles. The second-order valence-electron chi connectivity index (χ2n) is 4.07. The number of hydrazine groups is 1. The number of ether oxygens (including phenoxy) is 1. The molecule has 0 radical (unpaired) electrons. The van der Waals surface area contributed by atoms with Gasteiger partial charge in [0.1, 0.15) is 17.6 Å². The van der Waals surface area contributed by atoms with E-state index in [1.54, 1.807) is 13.3 Å². The van der Waals surface area contributed by atoms with Crippen LogP contribution in [0, 0.1) is 0 Å². The summed E-state index contributed by atoms with van der Waals surface area (Å²) in [6.07, 6.45) is 3.72. The number of rotatable bonds is 5. The molecular weight excluding hydrogens is 308 g/mol. The van der Waals surface area contributed by atoms with Gasteiger partial charge in [-0.25, -0.2) is 10.4 Å². The number of benzene rings is 1. The normalized spacial score (nSPS) is 12.4. The molecule has 5 nitrogen and oxygen atoms in total. The average molecular weight is 325 g/mol. The first kappa shape index (κ1) is 14.0. The van der Waals surface area contributed by atoms with E-state index in [0.717, 1.165) is 28.2 Å². The first-order valence-electron chi connectivity index (χ1n) is 6.01. The van der Waals surface area contributed by atoms with Crippen molar-refractivity contribution in [3.63, 3.8) is 0 Å². The summed E-state index contributed by atoms with van der Waals surface area (Å²) in [5.74, 6) is 7.37. The van der Waals surface area contributed by atoms with Gasteiger partial charge in [0.2, 0.25) is 0 Å². The molecule has 1 heterocycles. The van der Waals surface area contributed by atoms with Crippen molar-refractivity contribution in [1.29, 1.82) is 0 Å². The summed E-state index contributed by atoms with van der Waals surface area (Å²) >= 11 is 3.48. The number of hydrogen-bond donors (Lipinski definition) is 2. The molecule has 2 rings (SSSR count). The van der Waals surface area contributed by atoms with E-state index < -0.39 is 0 Å². The molecule has 1 aromatic heterocycles. The highest BCUT2D eigenvalue weighted by Gasteiger charge is 2.18. The standard InChI is InChI=1S/C13H17BrN4O/c1-3-18-7-6-16-13(18)12(17-15)9-4-5-11(19-2)10(14)8-9/h4-8,12,17H,3,15H2,1-2H3. The minimum absolute atomic E-state index is 0.155. The van der Waals surface area contributed by atoms with Crippen molar-refractivity contribution in [2.24, 2.45) is 5.84 Å². The van der Waals surface area contributed by atoms with Crippen molar-refractivity contribution in [2.45, 2.75) is 19.5 Å². The third-order valence-corrected chi connectivity index (χ3v) is 3.64. The van der Waals surface area contributed by atoms with E-state index >= 15 is 0 Å². The van der Waals surface area contributed by atoms with Crippen molar-refractivity contribution in [3.05, 3.63) is 46.5 Å². The first-order valence-corrected chi connectivity index (χ1v) is 6.81. The predicted molar refractivity (Wildman–Crippen MR) is 77.8 cm³/mol. The number of hydrogen-bond acceptors (Lipinski definition) is 4. The summed E-state index contributed by atoms with van der Waals surface area (Å²) in [7, 11) is 1.64. The molecule has 6 heteroatoms. The maximum absolute atomic E-state index is 5.69. The van der Waals surface area contributed by atoms with Crippen LogP contribution in [0.5, 0.6) is 5.75 Å². The molecule has 0 aliphatic carbocycles. The lowest BCUT2D eigenvalue weighted by Gasteiger charge is -2.18. The zero-order chi connectivity index (χ0) is 13.8. The molecule has 0 aliphatic heterocycles. The second kappa shape index (κ2) is 6.18. The zero-order valence-electron chi connectivity index (χ0n) is 10.9. The van der Waals surface area contributed by atoms with E-state index in [1.165, 1.54) is 0 Å². The smallest absolute Gasteiger partial charge is 0.133 e. The molecule has 102 valence electrons. The molecule has 1 atom stereocenters. The number of nitrogens with zero attached hydrogens (tertiary/aromatic N) is 2. The molecule has 0 amide bonds. The average Bonchev–Trinajstić information content (AvgIpc) is 2.88. The molecule has 19 heavy (non-hydrogen) atoms. The first-order chi connectivity index (χ1) is 9.21. The Balaban J connectivity index is 2.40. The third-order valence-electron chi connectivity index (χ3n) is 3.02. The van der Waals surface area contributed by atoms with Crippen LogP contribution in [-0.2, 0) is 6.54 Å². The molecule has 1 unspecified atom stereocenters. The molecule has 1 aromatic carbocycles. The quantitative estimate of drug-likeness (QED) is 0.654. The van der Waals surface area contributed by atoms with E-state index in [9.17, 15) is 0 Å². The number of methoxy groups -OCH3 is 1. The van der Waals surface area contributed by atoms with Crippen LogP contribution in [-0.4, -0.2) is 16.7 Å². The number of nitrogens with one attached hydrogen (secondary N) is 1. The Morgan fingerprint density at radius 1 is 1.53 bits per heavy atom. The van der Waals surface area contributed by atoms with Crippen LogP contribution in [0.1, 0.15) is 24.4 Å². The van der Waals surface area contributed by atoms with Crippen LogP contribution in [0.2, 0.25) is 0 Å². The highest BCUT2D eigenvalue weighted by molar-refractivity contribution is 9.10. The Labute approximate surface area is 120 Å². The molecule has 3 N–H and O–H groups in total. The second-order valence-corrected chi connectivity index (χ2v) is 4.92. The highest BCUT2D eigenvalue weighted by Crippen LogP contribution is 2.29. The fraction of sp³-hybridized carbons (Fsp3) is 0.308. The Morgan fingerprint density at radius 2 is 2.32 bits per heavy atom. The lowest BCUT2D eigenvalue weighted by Crippen LogP contribution is -2.31. The third kappa shape index (κ3) is 2.80. The zero-order valence-corrected chi connectivity index (χ0v) is 12.5. The van der Waals surface area contributed by atoms with Gasteiger partial charge in [-0.15, -0.1) is 0 Å². The Morgan fingerprint density at radius 3 is 2.89 bits per heavy atom. The van der Waals surface area contributed by atoms with Gasteiger partial charge in [-0.05, 0) is 40.5 Å². The Bertz CT molecular complexity index is 555. The number of aryl methyl sites for hydroxylation is 1. The predicted octanol–water partition coefficient (Wildman–Crippen LogP) is 2.23. The fourth-order valence-corrected chi connectivity index (χ4v) is 2.59. The van der Waals surface area contributed by atoms with E-state index in [2.05, 4.69) is 37.8 Å². The minimum atomic E-state index is -0.155. The van der Waals surface area contributed by atoms with E-state index in [0.29, 0.717) is 0 Å². The lowest BCUT2D eigenvalue weighted by atomic mass is 10.1. The highest BCUT2D eigenvalue weighted by atomic mass is 79.9. The lowest BCUT2D eigenvalue weighted by molar-refractivity contribution is 0.411. The van der Waals surface area contributed by atoms with Crippen molar-refractivity contribution in [2.75, 3.05) is 7.11 Å². The summed E-state index contributed by atoms with van der Waals surface area (Å²) in [6.45, 7) is 2.92. The molecule has 0 saturated carbocycles. The number of aromatic nitrogens is 2. The summed E-state index contributed by atoms with van der Waals surface area (Å²) < 4.78 is 8.18. The maximum Gasteiger partial charge on any atom is 0.133 e. The molecule has 0 aliphatic rings. The molecule has 0 spiro atoms. The summed E-state index contributed by atoms with van der Waals surface area (Å²) in [6, 6.07) is 5.71. The van der Waals surface area contributed by atoms with Gasteiger partial charge in [0, 0.05) is 18.9 Å². The van der Waals surface area contributed by atoms with Gasteiger partial charge < -0.3 is 9.30 Å². The van der Waals surface area contributed by atoms with Crippen molar-refractivity contribution in [1.82, 2.24) is 15.0 Å². The largest absolute Gasteiger partial charge is 0.496 e. The van der Waals surface area contributed by atoms with Crippen LogP contribution in [0.25, 0.3) is 0 Å². The Hall–Kier alpha value is -1.37. The number of nitrogens with two attached hydrogens (primary N) is 1. The van der Waals surface area contributed by atoms with Crippen LogP contribution in [0.3, 0.4) is 0 Å². The maximum atomic E-state index is 5.69. The van der Waals surface area contributed by atoms with Gasteiger partial charge in [0.05, 0.1) is 11.6 Å². The van der Waals surface area contributed by atoms with E-state index in [-0.39, 0.29) is 6.04 Å². The summed E-state index contributed by atoms with van der Waals surface area (Å²) in [4.78, 5) is 4.38. The van der Waals surface area contributed by atoms with Gasteiger partial charge in [0.25, 0.3) is 0 Å². The van der Waals surface area contributed by atoms with Gasteiger partial charge in [-0.2, -0.15) is 0 Å². The fourth-order valence-electron chi connectivity index (χ4n) is 2.03. The molecular formula is C13H17BrN4O. The number of halogens is 1.